The Hall–Kier alpha value is -2.21. The number of likely N-dealkylation sites (tertiary alicyclic amines) is 1. The third-order valence-electron chi connectivity index (χ3n) is 5.59. The van der Waals surface area contributed by atoms with E-state index in [0.717, 1.165) is 5.56 Å². The molecule has 0 radical (unpaired) electrons. The van der Waals surface area contributed by atoms with Crippen molar-refractivity contribution in [1.29, 1.82) is 0 Å². The molecule has 0 spiro atoms. The monoisotopic (exact) mass is 373 g/mol. The van der Waals surface area contributed by atoms with Gasteiger partial charge in [-0.25, -0.2) is 4.39 Å². The van der Waals surface area contributed by atoms with Gasteiger partial charge in [0.1, 0.15) is 5.82 Å². The van der Waals surface area contributed by atoms with Crippen LogP contribution in [0, 0.1) is 17.7 Å². The number of amides is 1. The highest BCUT2D eigenvalue weighted by Crippen LogP contribution is 2.42. The lowest BCUT2D eigenvalue weighted by molar-refractivity contribution is -0.154. The fraction of sp³-hybridized carbons (Fsp3) is 0.524. The highest BCUT2D eigenvalue weighted by atomic mass is 19.1. The molecule has 0 saturated carbocycles. The molecule has 1 aromatic carbocycles. The first-order chi connectivity index (χ1) is 12.9. The zero-order chi connectivity index (χ0) is 19.1. The fourth-order valence-electron chi connectivity index (χ4n) is 4.41. The summed E-state index contributed by atoms with van der Waals surface area (Å²) in [5, 5.41) is 0. The molecule has 6 heteroatoms. The summed E-state index contributed by atoms with van der Waals surface area (Å²) in [7, 11) is 0. The van der Waals surface area contributed by atoms with Crippen LogP contribution in [0.3, 0.4) is 0 Å². The molecule has 5 nitrogen and oxygen atoms in total. The van der Waals surface area contributed by atoms with E-state index >= 15 is 0 Å². The molecule has 0 aromatic heterocycles. The lowest BCUT2D eigenvalue weighted by Crippen LogP contribution is -2.40. The average molecular weight is 373 g/mol. The molecule has 3 heterocycles. The zero-order valence-corrected chi connectivity index (χ0v) is 15.5. The predicted molar refractivity (Wildman–Crippen MR) is 96.1 cm³/mol. The van der Waals surface area contributed by atoms with E-state index in [-0.39, 0.29) is 41.9 Å². The van der Waals surface area contributed by atoms with Gasteiger partial charge in [0.15, 0.2) is 0 Å². The van der Waals surface area contributed by atoms with Crippen LogP contribution in [0.4, 0.5) is 4.39 Å². The smallest absolute Gasteiger partial charge is 0.311 e. The van der Waals surface area contributed by atoms with Gasteiger partial charge in [-0.3, -0.25) is 9.59 Å². The standard InChI is InChI=1S/C21H24FNO4/c1-12(2)26-21(25)16-9-10-23(19(16)13-3-5-14(22)6-4-13)20(24)17-11-15-7-8-18(17)27-15/h3-8,12,15-19H,9-11H2,1-2H3/t15-,16-,17+,18-,19-/m1/s1. The number of esters is 1. The second-order valence-electron chi connectivity index (χ2n) is 7.78. The van der Waals surface area contributed by atoms with Gasteiger partial charge in [-0.15, -0.1) is 0 Å². The minimum atomic E-state index is -0.447. The molecule has 2 fully saturated rings. The Bertz CT molecular complexity index is 760. The number of rotatable bonds is 4. The van der Waals surface area contributed by atoms with E-state index < -0.39 is 12.0 Å². The van der Waals surface area contributed by atoms with Gasteiger partial charge in [0.05, 0.1) is 36.2 Å². The first-order valence-electron chi connectivity index (χ1n) is 9.54. The summed E-state index contributed by atoms with van der Waals surface area (Å²) in [6.07, 6.45) is 4.77. The van der Waals surface area contributed by atoms with E-state index in [0.29, 0.717) is 19.4 Å². The molecule has 144 valence electrons. The van der Waals surface area contributed by atoms with Gasteiger partial charge in [0, 0.05) is 6.54 Å². The van der Waals surface area contributed by atoms with Crippen molar-refractivity contribution in [2.45, 2.75) is 51.0 Å². The van der Waals surface area contributed by atoms with Gasteiger partial charge in [-0.1, -0.05) is 24.3 Å². The maximum Gasteiger partial charge on any atom is 0.311 e. The summed E-state index contributed by atoms with van der Waals surface area (Å²) in [6.45, 7) is 4.10. The number of nitrogens with zero attached hydrogens (tertiary/aromatic N) is 1. The molecule has 27 heavy (non-hydrogen) atoms. The quantitative estimate of drug-likeness (QED) is 0.601. The fourth-order valence-corrected chi connectivity index (χ4v) is 4.41. The maximum atomic E-state index is 13.4. The van der Waals surface area contributed by atoms with Gasteiger partial charge in [-0.2, -0.15) is 0 Å². The Morgan fingerprint density at radius 3 is 2.52 bits per heavy atom. The molecular formula is C21H24FNO4. The number of carbonyl (C=O) groups excluding carboxylic acids is 2. The summed E-state index contributed by atoms with van der Waals surface area (Å²) in [5.41, 5.74) is 0.757. The highest BCUT2D eigenvalue weighted by molar-refractivity contribution is 5.83. The summed E-state index contributed by atoms with van der Waals surface area (Å²) in [5.74, 6) is -1.32. The van der Waals surface area contributed by atoms with Gasteiger partial charge < -0.3 is 14.4 Å². The third kappa shape index (κ3) is 3.38. The molecule has 2 saturated heterocycles. The van der Waals surface area contributed by atoms with Crippen molar-refractivity contribution in [3.63, 3.8) is 0 Å². The van der Waals surface area contributed by atoms with Gasteiger partial charge in [0.2, 0.25) is 5.91 Å². The Morgan fingerprint density at radius 2 is 1.93 bits per heavy atom. The SMILES string of the molecule is CC(C)OC(=O)[C@@H]1CCN(C(=O)[C@H]2C[C@H]3C=C[C@H]2O3)[C@@H]1c1ccc(F)cc1. The van der Waals surface area contributed by atoms with Crippen LogP contribution in [0.1, 0.15) is 38.3 Å². The molecule has 0 unspecified atom stereocenters. The van der Waals surface area contributed by atoms with E-state index in [4.69, 9.17) is 9.47 Å². The van der Waals surface area contributed by atoms with Crippen LogP contribution in [0.15, 0.2) is 36.4 Å². The number of halogens is 1. The highest BCUT2D eigenvalue weighted by Gasteiger charge is 2.48. The van der Waals surface area contributed by atoms with E-state index in [1.165, 1.54) is 12.1 Å². The van der Waals surface area contributed by atoms with Crippen molar-refractivity contribution in [1.82, 2.24) is 4.90 Å². The van der Waals surface area contributed by atoms with Crippen LogP contribution in [0.2, 0.25) is 0 Å². The zero-order valence-electron chi connectivity index (χ0n) is 15.5. The molecule has 2 bridgehead atoms. The van der Waals surface area contributed by atoms with Crippen molar-refractivity contribution in [2.75, 3.05) is 6.54 Å². The van der Waals surface area contributed by atoms with Gasteiger partial charge >= 0.3 is 5.97 Å². The van der Waals surface area contributed by atoms with Gasteiger partial charge in [-0.05, 0) is 44.4 Å². The number of ether oxygens (including phenoxy) is 2. The number of benzene rings is 1. The number of carbonyl (C=O) groups is 2. The predicted octanol–water partition coefficient (Wildman–Crippen LogP) is 3.01. The Labute approximate surface area is 158 Å². The van der Waals surface area contributed by atoms with Crippen LogP contribution < -0.4 is 0 Å². The summed E-state index contributed by atoms with van der Waals surface area (Å²) in [6, 6.07) is 5.60. The molecule has 1 amide bonds. The van der Waals surface area contributed by atoms with Crippen molar-refractivity contribution in [3.8, 4) is 0 Å². The normalized spacial score (nSPS) is 31.7. The molecule has 0 N–H and O–H groups in total. The largest absolute Gasteiger partial charge is 0.463 e. The maximum absolute atomic E-state index is 13.4. The van der Waals surface area contributed by atoms with Crippen LogP contribution >= 0.6 is 0 Å². The minimum Gasteiger partial charge on any atom is -0.463 e. The number of hydrogen-bond donors (Lipinski definition) is 0. The van der Waals surface area contributed by atoms with E-state index in [1.54, 1.807) is 17.0 Å². The number of fused-ring (bicyclic) bond motifs is 2. The third-order valence-corrected chi connectivity index (χ3v) is 5.59. The van der Waals surface area contributed by atoms with Crippen LogP contribution in [0.5, 0.6) is 0 Å². The molecule has 5 atom stereocenters. The molecule has 3 aliphatic heterocycles. The first-order valence-corrected chi connectivity index (χ1v) is 9.54. The Morgan fingerprint density at radius 1 is 1.19 bits per heavy atom. The molecule has 4 rings (SSSR count). The molecule has 0 aliphatic carbocycles. The molecular weight excluding hydrogens is 349 g/mol. The average Bonchev–Trinajstić information content (AvgIpc) is 3.36. The topological polar surface area (TPSA) is 55.8 Å². The van der Waals surface area contributed by atoms with Crippen LogP contribution in [0.25, 0.3) is 0 Å². The Kier molecular flexibility index (Phi) is 4.76. The van der Waals surface area contributed by atoms with Crippen molar-refractivity contribution in [2.24, 2.45) is 11.8 Å². The van der Waals surface area contributed by atoms with Crippen molar-refractivity contribution < 1.29 is 23.5 Å². The summed E-state index contributed by atoms with van der Waals surface area (Å²) >= 11 is 0. The lowest BCUT2D eigenvalue weighted by atomic mass is 9.90. The van der Waals surface area contributed by atoms with Crippen molar-refractivity contribution >= 4 is 11.9 Å². The van der Waals surface area contributed by atoms with E-state index in [9.17, 15) is 14.0 Å². The van der Waals surface area contributed by atoms with Crippen molar-refractivity contribution in [3.05, 3.63) is 47.8 Å². The number of hydrogen-bond acceptors (Lipinski definition) is 4. The van der Waals surface area contributed by atoms with Crippen LogP contribution in [-0.4, -0.2) is 41.6 Å². The lowest BCUT2D eigenvalue weighted by Gasteiger charge is -2.31. The Balaban J connectivity index is 1.61. The second-order valence-corrected chi connectivity index (χ2v) is 7.78. The van der Waals surface area contributed by atoms with E-state index in [2.05, 4.69) is 0 Å². The first kappa shape index (κ1) is 18.2. The van der Waals surface area contributed by atoms with Gasteiger partial charge in [0.25, 0.3) is 0 Å². The summed E-state index contributed by atoms with van der Waals surface area (Å²) in [4.78, 5) is 27.7. The molecule has 1 aromatic rings. The van der Waals surface area contributed by atoms with Crippen LogP contribution in [-0.2, 0) is 19.1 Å². The minimum absolute atomic E-state index is 0.000946. The second kappa shape index (κ2) is 7.08. The molecule has 3 aliphatic rings. The van der Waals surface area contributed by atoms with E-state index in [1.807, 2.05) is 26.0 Å². The summed E-state index contributed by atoms with van der Waals surface area (Å²) < 4.78 is 24.6.